The maximum absolute atomic E-state index is 10.0. The van der Waals surface area contributed by atoms with Crippen molar-refractivity contribution in [2.45, 2.75) is 25.4 Å². The lowest BCUT2D eigenvalue weighted by Crippen LogP contribution is -1.95. The monoisotopic (exact) mass is 310 g/mol. The summed E-state index contributed by atoms with van der Waals surface area (Å²) in [5.41, 5.74) is 1.34. The van der Waals surface area contributed by atoms with Crippen molar-refractivity contribution in [3.8, 4) is 0 Å². The van der Waals surface area contributed by atoms with Crippen LogP contribution in [0, 0.1) is 0 Å². The van der Waals surface area contributed by atoms with Gasteiger partial charge in [0.2, 0.25) is 0 Å². The Morgan fingerprint density at radius 2 is 2.00 bits per heavy atom. The molecule has 1 aromatic heterocycles. The fourth-order valence-corrected chi connectivity index (χ4v) is 3.25. The van der Waals surface area contributed by atoms with Gasteiger partial charge >= 0.3 is 0 Å². The van der Waals surface area contributed by atoms with E-state index in [1.807, 2.05) is 17.5 Å². The van der Waals surface area contributed by atoms with Crippen LogP contribution in [0.3, 0.4) is 0 Å². The van der Waals surface area contributed by atoms with Gasteiger partial charge in [0.15, 0.2) is 0 Å². The Bertz CT molecular complexity index is 452. The summed E-state index contributed by atoms with van der Waals surface area (Å²) in [5.74, 6) is 0. The number of aliphatic hydroxyl groups is 1. The lowest BCUT2D eigenvalue weighted by atomic mass is 10.1. The third kappa shape index (κ3) is 3.95. The molecule has 1 N–H and O–H groups in total. The first-order chi connectivity index (χ1) is 8.25. The van der Waals surface area contributed by atoms with E-state index in [2.05, 4.69) is 40.2 Å². The maximum Gasteiger partial charge on any atom is 0.0882 e. The van der Waals surface area contributed by atoms with Gasteiger partial charge in [-0.2, -0.15) is 0 Å². The van der Waals surface area contributed by atoms with E-state index in [9.17, 15) is 5.11 Å². The first-order valence-corrected chi connectivity index (χ1v) is 7.39. The molecule has 1 nitrogen and oxygen atoms in total. The van der Waals surface area contributed by atoms with Crippen LogP contribution < -0.4 is 0 Å². The van der Waals surface area contributed by atoms with Gasteiger partial charge in [-0.3, -0.25) is 0 Å². The molecule has 0 radical (unpaired) electrons. The van der Waals surface area contributed by atoms with Crippen LogP contribution in [0.15, 0.2) is 46.3 Å². The molecule has 0 spiro atoms. The second-order valence-electron chi connectivity index (χ2n) is 4.06. The van der Waals surface area contributed by atoms with Gasteiger partial charge in [-0.15, -0.1) is 11.3 Å². The number of thiophene rings is 1. The van der Waals surface area contributed by atoms with Gasteiger partial charge in [0, 0.05) is 14.7 Å². The Labute approximate surface area is 114 Å². The molecule has 0 aliphatic heterocycles. The summed E-state index contributed by atoms with van der Waals surface area (Å²) in [6, 6.07) is 12.4. The molecule has 1 aromatic carbocycles. The molecule has 3 heteroatoms. The van der Waals surface area contributed by atoms with Gasteiger partial charge in [0.25, 0.3) is 0 Å². The van der Waals surface area contributed by atoms with Gasteiger partial charge < -0.3 is 5.11 Å². The van der Waals surface area contributed by atoms with Gasteiger partial charge in [-0.05, 0) is 46.8 Å². The van der Waals surface area contributed by atoms with Crippen molar-refractivity contribution in [2.75, 3.05) is 0 Å². The SMILES string of the molecule is OC(CCCc1ccccc1)c1cc(Br)cs1. The third-order valence-corrected chi connectivity index (χ3v) is 4.50. The van der Waals surface area contributed by atoms with Crippen LogP contribution in [0.5, 0.6) is 0 Å². The number of hydrogen-bond donors (Lipinski definition) is 1. The Morgan fingerprint density at radius 1 is 1.24 bits per heavy atom. The molecule has 0 saturated heterocycles. The van der Waals surface area contributed by atoms with Crippen LogP contribution in [-0.2, 0) is 6.42 Å². The fraction of sp³-hybridized carbons (Fsp3) is 0.286. The van der Waals surface area contributed by atoms with Crippen LogP contribution >= 0.6 is 27.3 Å². The van der Waals surface area contributed by atoms with Gasteiger partial charge in [0.1, 0.15) is 0 Å². The molecule has 0 saturated carbocycles. The van der Waals surface area contributed by atoms with E-state index >= 15 is 0 Å². The molecule has 0 fully saturated rings. The van der Waals surface area contributed by atoms with Crippen molar-refractivity contribution >= 4 is 27.3 Å². The minimum absolute atomic E-state index is 0.324. The van der Waals surface area contributed by atoms with Gasteiger partial charge in [0.05, 0.1) is 6.10 Å². The lowest BCUT2D eigenvalue weighted by Gasteiger charge is -2.08. The highest BCUT2D eigenvalue weighted by molar-refractivity contribution is 9.10. The molecule has 1 atom stereocenters. The highest BCUT2D eigenvalue weighted by Gasteiger charge is 2.09. The summed E-state index contributed by atoms with van der Waals surface area (Å²) in [7, 11) is 0. The molecule has 2 aromatic rings. The summed E-state index contributed by atoms with van der Waals surface area (Å²) in [4.78, 5) is 1.05. The third-order valence-electron chi connectivity index (χ3n) is 2.70. The predicted octanol–water partition coefficient (Wildman–Crippen LogP) is 4.57. The standard InChI is InChI=1S/C14H15BrOS/c15-12-9-14(17-10-12)13(16)8-4-7-11-5-2-1-3-6-11/h1-3,5-6,9-10,13,16H,4,7-8H2. The van der Waals surface area contributed by atoms with Crippen LogP contribution in [-0.4, -0.2) is 5.11 Å². The minimum atomic E-state index is -0.324. The van der Waals surface area contributed by atoms with E-state index in [1.54, 1.807) is 11.3 Å². The molecule has 1 unspecified atom stereocenters. The molecule has 0 amide bonds. The van der Waals surface area contributed by atoms with Gasteiger partial charge in [-0.25, -0.2) is 0 Å². The van der Waals surface area contributed by atoms with Crippen molar-refractivity contribution in [2.24, 2.45) is 0 Å². The normalized spacial score (nSPS) is 12.6. The van der Waals surface area contributed by atoms with Crippen molar-refractivity contribution in [1.29, 1.82) is 0 Å². The summed E-state index contributed by atoms with van der Waals surface area (Å²) < 4.78 is 1.06. The molecule has 2 rings (SSSR count). The first-order valence-electron chi connectivity index (χ1n) is 5.71. The maximum atomic E-state index is 10.0. The molecule has 0 bridgehead atoms. The summed E-state index contributed by atoms with van der Waals surface area (Å²) in [6.07, 6.45) is 2.54. The van der Waals surface area contributed by atoms with Crippen molar-refractivity contribution in [1.82, 2.24) is 0 Å². The van der Waals surface area contributed by atoms with E-state index < -0.39 is 0 Å². The van der Waals surface area contributed by atoms with Crippen LogP contribution in [0.4, 0.5) is 0 Å². The summed E-state index contributed by atoms with van der Waals surface area (Å²) in [6.45, 7) is 0. The minimum Gasteiger partial charge on any atom is -0.388 e. The summed E-state index contributed by atoms with van der Waals surface area (Å²) >= 11 is 5.01. The highest BCUT2D eigenvalue weighted by atomic mass is 79.9. The Hall–Kier alpha value is -0.640. The Morgan fingerprint density at radius 3 is 2.65 bits per heavy atom. The van der Waals surface area contributed by atoms with E-state index in [0.717, 1.165) is 28.6 Å². The highest BCUT2D eigenvalue weighted by Crippen LogP contribution is 2.28. The number of halogens is 1. The Kier molecular flexibility index (Phi) is 4.77. The summed E-state index contributed by atoms with van der Waals surface area (Å²) in [5, 5.41) is 12.0. The lowest BCUT2D eigenvalue weighted by molar-refractivity contribution is 0.168. The van der Waals surface area contributed by atoms with E-state index in [4.69, 9.17) is 0 Å². The van der Waals surface area contributed by atoms with E-state index in [-0.39, 0.29) is 6.10 Å². The second-order valence-corrected chi connectivity index (χ2v) is 5.92. The van der Waals surface area contributed by atoms with Crippen LogP contribution in [0.1, 0.15) is 29.4 Å². The van der Waals surface area contributed by atoms with Crippen molar-refractivity contribution in [3.05, 3.63) is 56.7 Å². The number of hydrogen-bond acceptors (Lipinski definition) is 2. The molecule has 0 aliphatic carbocycles. The molecule has 0 aliphatic rings. The average Bonchev–Trinajstić information content (AvgIpc) is 2.77. The van der Waals surface area contributed by atoms with E-state index in [0.29, 0.717) is 0 Å². The number of rotatable bonds is 5. The van der Waals surface area contributed by atoms with Crippen LogP contribution in [0.2, 0.25) is 0 Å². The molecular weight excluding hydrogens is 296 g/mol. The average molecular weight is 311 g/mol. The van der Waals surface area contributed by atoms with Crippen LogP contribution in [0.25, 0.3) is 0 Å². The van der Waals surface area contributed by atoms with Gasteiger partial charge in [-0.1, -0.05) is 30.3 Å². The zero-order chi connectivity index (χ0) is 12.1. The molecule has 1 heterocycles. The second kappa shape index (κ2) is 6.34. The zero-order valence-corrected chi connectivity index (χ0v) is 11.9. The smallest absolute Gasteiger partial charge is 0.0882 e. The Balaban J connectivity index is 1.79. The molecule has 90 valence electrons. The number of benzene rings is 1. The predicted molar refractivity (Wildman–Crippen MR) is 76.4 cm³/mol. The quantitative estimate of drug-likeness (QED) is 0.858. The number of aliphatic hydroxyl groups excluding tert-OH is 1. The van der Waals surface area contributed by atoms with Crippen molar-refractivity contribution in [3.63, 3.8) is 0 Å². The van der Waals surface area contributed by atoms with Crippen molar-refractivity contribution < 1.29 is 5.11 Å². The topological polar surface area (TPSA) is 20.2 Å². The first kappa shape index (κ1) is 12.8. The number of aryl methyl sites for hydroxylation is 1. The van der Waals surface area contributed by atoms with E-state index in [1.165, 1.54) is 5.56 Å². The fourth-order valence-electron chi connectivity index (χ4n) is 1.79. The molecule has 17 heavy (non-hydrogen) atoms. The zero-order valence-electron chi connectivity index (χ0n) is 9.47. The largest absolute Gasteiger partial charge is 0.388 e. The molecular formula is C14H15BrOS.